The summed E-state index contributed by atoms with van der Waals surface area (Å²) in [6, 6.07) is 4.45. The van der Waals surface area contributed by atoms with Gasteiger partial charge in [0, 0.05) is 43.6 Å². The smallest absolute Gasteiger partial charge is 0.270 e. The first kappa shape index (κ1) is 34.0. The van der Waals surface area contributed by atoms with Crippen LogP contribution in [0.1, 0.15) is 72.0 Å². The van der Waals surface area contributed by atoms with Gasteiger partial charge in [0.15, 0.2) is 28.9 Å². The number of ketones is 1. The zero-order valence-electron chi connectivity index (χ0n) is 24.8. The molecule has 0 fully saturated rings. The monoisotopic (exact) mass is 590 g/mol. The summed E-state index contributed by atoms with van der Waals surface area (Å²) in [6.07, 6.45) is 14.9. The number of phenolic OH excluding ortho intramolecular Hbond substituents is 1. The van der Waals surface area contributed by atoms with E-state index in [-0.39, 0.29) is 54.1 Å². The lowest BCUT2D eigenvalue weighted by molar-refractivity contribution is -0.120. The SMILES string of the molecule is COc1ccc(C(=O)CCCC(=O)N/C=C/C(C)=C\C=C\CC(=O)N/C=C/C(C)=C\Cc2nc(C(N)=O)c(C)o2)cc1O. The molecule has 0 atom stereocenters. The molecule has 0 saturated carbocycles. The van der Waals surface area contributed by atoms with Crippen LogP contribution in [0.15, 0.2) is 82.6 Å². The Kier molecular flexibility index (Phi) is 13.9. The fraction of sp³-hybridized carbons (Fsp3) is 0.281. The largest absolute Gasteiger partial charge is 0.504 e. The Hall–Kier alpha value is -5.19. The van der Waals surface area contributed by atoms with Crippen molar-refractivity contribution < 1.29 is 33.4 Å². The number of carbonyl (C=O) groups excluding carboxylic acids is 4. The van der Waals surface area contributed by atoms with E-state index in [9.17, 15) is 24.3 Å². The van der Waals surface area contributed by atoms with Crippen LogP contribution in [-0.4, -0.2) is 40.7 Å². The quantitative estimate of drug-likeness (QED) is 0.163. The van der Waals surface area contributed by atoms with E-state index >= 15 is 0 Å². The number of rotatable bonds is 16. The molecule has 0 aliphatic rings. The number of nitrogens with one attached hydrogen (secondary N) is 2. The van der Waals surface area contributed by atoms with Gasteiger partial charge in [-0.05, 0) is 63.1 Å². The molecule has 1 heterocycles. The van der Waals surface area contributed by atoms with Gasteiger partial charge in [-0.1, -0.05) is 29.9 Å². The van der Waals surface area contributed by atoms with Gasteiger partial charge in [0.05, 0.1) is 7.11 Å². The summed E-state index contributed by atoms with van der Waals surface area (Å²) < 4.78 is 10.4. The molecule has 228 valence electrons. The van der Waals surface area contributed by atoms with Crippen LogP contribution in [0.25, 0.3) is 0 Å². The summed E-state index contributed by atoms with van der Waals surface area (Å²) in [4.78, 5) is 51.7. The molecule has 0 bridgehead atoms. The average Bonchev–Trinajstić information content (AvgIpc) is 3.34. The molecule has 11 nitrogen and oxygen atoms in total. The molecular weight excluding hydrogens is 552 g/mol. The Balaban J connectivity index is 1.65. The number of hydrogen-bond acceptors (Lipinski definition) is 8. The number of aromatic nitrogens is 1. The molecule has 0 radical (unpaired) electrons. The molecule has 1 aromatic heterocycles. The Bertz CT molecular complexity index is 1460. The molecule has 0 unspecified atom stereocenters. The van der Waals surface area contributed by atoms with Gasteiger partial charge in [-0.2, -0.15) is 0 Å². The van der Waals surface area contributed by atoms with Gasteiger partial charge >= 0.3 is 0 Å². The van der Waals surface area contributed by atoms with Gasteiger partial charge < -0.3 is 30.6 Å². The Morgan fingerprint density at radius 2 is 1.74 bits per heavy atom. The summed E-state index contributed by atoms with van der Waals surface area (Å²) in [7, 11) is 1.43. The maximum Gasteiger partial charge on any atom is 0.270 e. The molecule has 0 aliphatic carbocycles. The second kappa shape index (κ2) is 17.6. The van der Waals surface area contributed by atoms with E-state index in [1.54, 1.807) is 49.6 Å². The van der Waals surface area contributed by atoms with Crippen molar-refractivity contribution in [2.45, 2.75) is 52.9 Å². The van der Waals surface area contributed by atoms with Gasteiger partial charge in [0.25, 0.3) is 5.91 Å². The van der Waals surface area contributed by atoms with Crippen LogP contribution < -0.4 is 21.1 Å². The van der Waals surface area contributed by atoms with Gasteiger partial charge in [0.2, 0.25) is 11.8 Å². The van der Waals surface area contributed by atoms with Gasteiger partial charge in [-0.15, -0.1) is 0 Å². The predicted molar refractivity (Wildman–Crippen MR) is 162 cm³/mol. The van der Waals surface area contributed by atoms with E-state index in [1.807, 2.05) is 19.9 Å². The van der Waals surface area contributed by atoms with Crippen molar-refractivity contribution in [2.75, 3.05) is 7.11 Å². The Morgan fingerprint density at radius 1 is 1.05 bits per heavy atom. The number of aryl methyl sites for hydroxylation is 1. The third-order valence-electron chi connectivity index (χ3n) is 5.96. The molecule has 1 aromatic carbocycles. The van der Waals surface area contributed by atoms with Crippen molar-refractivity contribution in [3.8, 4) is 11.5 Å². The van der Waals surface area contributed by atoms with E-state index in [1.165, 1.54) is 25.4 Å². The van der Waals surface area contributed by atoms with Crippen LogP contribution in [0, 0.1) is 6.92 Å². The number of hydrogen-bond donors (Lipinski definition) is 4. The van der Waals surface area contributed by atoms with Crippen molar-refractivity contribution in [2.24, 2.45) is 5.73 Å². The normalized spacial score (nSPS) is 12.3. The van der Waals surface area contributed by atoms with Crippen LogP contribution in [0.2, 0.25) is 0 Å². The van der Waals surface area contributed by atoms with Gasteiger partial charge in [-0.3, -0.25) is 19.2 Å². The number of oxazole rings is 1. The van der Waals surface area contributed by atoms with E-state index in [4.69, 9.17) is 14.9 Å². The minimum Gasteiger partial charge on any atom is -0.504 e. The predicted octanol–water partition coefficient (Wildman–Crippen LogP) is 4.49. The first-order valence-electron chi connectivity index (χ1n) is 13.6. The molecule has 0 aliphatic heterocycles. The molecular formula is C32H38N4O7. The summed E-state index contributed by atoms with van der Waals surface area (Å²) >= 11 is 0. The first-order chi connectivity index (χ1) is 20.5. The number of primary amides is 1. The van der Waals surface area contributed by atoms with Crippen LogP contribution in [0.4, 0.5) is 0 Å². The number of carbonyl (C=O) groups is 4. The summed E-state index contributed by atoms with van der Waals surface area (Å²) in [5.41, 5.74) is 7.45. The summed E-state index contributed by atoms with van der Waals surface area (Å²) in [6.45, 7) is 5.33. The third kappa shape index (κ3) is 12.5. The summed E-state index contributed by atoms with van der Waals surface area (Å²) in [5.74, 6) is -0.267. The number of phenols is 1. The van der Waals surface area contributed by atoms with Crippen molar-refractivity contribution in [3.05, 3.63) is 101 Å². The molecule has 3 amide bonds. The number of benzene rings is 1. The topological polar surface area (TPSA) is 174 Å². The lowest BCUT2D eigenvalue weighted by Crippen LogP contribution is -2.16. The lowest BCUT2D eigenvalue weighted by atomic mass is 10.0. The van der Waals surface area contributed by atoms with Crippen molar-refractivity contribution in [3.63, 3.8) is 0 Å². The highest BCUT2D eigenvalue weighted by Crippen LogP contribution is 2.26. The molecule has 43 heavy (non-hydrogen) atoms. The van der Waals surface area contributed by atoms with Crippen molar-refractivity contribution in [1.82, 2.24) is 15.6 Å². The molecule has 0 saturated heterocycles. The molecule has 2 rings (SSSR count). The second-order valence-electron chi connectivity index (χ2n) is 9.54. The van der Waals surface area contributed by atoms with Crippen LogP contribution in [0.3, 0.4) is 0 Å². The average molecular weight is 591 g/mol. The number of ether oxygens (including phenoxy) is 1. The maximum absolute atomic E-state index is 12.3. The number of nitrogens with two attached hydrogens (primary N) is 1. The minimum absolute atomic E-state index is 0.107. The zero-order valence-corrected chi connectivity index (χ0v) is 24.8. The number of methoxy groups -OCH3 is 1. The Morgan fingerprint density at radius 3 is 2.40 bits per heavy atom. The molecule has 2 aromatic rings. The third-order valence-corrected chi connectivity index (χ3v) is 5.96. The van der Waals surface area contributed by atoms with Crippen LogP contribution >= 0.6 is 0 Å². The van der Waals surface area contributed by atoms with Gasteiger partial charge in [-0.25, -0.2) is 4.98 Å². The molecule has 11 heteroatoms. The number of nitrogens with zero attached hydrogens (tertiary/aromatic N) is 1. The van der Waals surface area contributed by atoms with Crippen molar-refractivity contribution >= 4 is 23.5 Å². The van der Waals surface area contributed by atoms with Gasteiger partial charge in [0.1, 0.15) is 5.76 Å². The lowest BCUT2D eigenvalue weighted by Gasteiger charge is -2.05. The first-order valence-corrected chi connectivity index (χ1v) is 13.6. The second-order valence-corrected chi connectivity index (χ2v) is 9.54. The molecule has 5 N–H and O–H groups in total. The van der Waals surface area contributed by atoms with Crippen LogP contribution in [-0.2, 0) is 16.0 Å². The number of Topliss-reactive ketones (excluding diaryl/α,β-unsaturated/α-hetero) is 1. The standard InChI is InChI=1S/C32H38N4O7/c1-21(16-18-35-29(40)11-7-9-25(37)24-13-14-27(42-4)26(38)20-24)8-5-6-10-28(39)34-19-17-22(2)12-15-30-36-31(32(33)41)23(3)43-30/h5-6,8,12-14,16-20,38H,7,9-11,15H2,1-4H3,(H2,33,41)(H,34,39)(H,35,40)/b6-5+,18-16+,19-17+,21-8-,22-12-. The van der Waals surface area contributed by atoms with E-state index < -0.39 is 5.91 Å². The Labute approximate surface area is 250 Å². The zero-order chi connectivity index (χ0) is 31.8. The number of amides is 3. The number of allylic oxidation sites excluding steroid dienone is 7. The fourth-order valence-corrected chi connectivity index (χ4v) is 3.61. The van der Waals surface area contributed by atoms with E-state index in [2.05, 4.69) is 15.6 Å². The van der Waals surface area contributed by atoms with Crippen molar-refractivity contribution in [1.29, 1.82) is 0 Å². The van der Waals surface area contributed by atoms with E-state index in [0.29, 0.717) is 30.1 Å². The fourth-order valence-electron chi connectivity index (χ4n) is 3.61. The highest BCUT2D eigenvalue weighted by molar-refractivity contribution is 5.97. The maximum atomic E-state index is 12.3. The van der Waals surface area contributed by atoms with E-state index in [0.717, 1.165) is 11.1 Å². The number of aromatic hydroxyl groups is 1. The molecule has 0 spiro atoms. The highest BCUT2D eigenvalue weighted by atomic mass is 16.5. The van der Waals surface area contributed by atoms with Crippen LogP contribution in [0.5, 0.6) is 11.5 Å². The highest BCUT2D eigenvalue weighted by Gasteiger charge is 2.13. The summed E-state index contributed by atoms with van der Waals surface area (Å²) in [5, 5.41) is 15.1. The minimum atomic E-state index is -0.635.